The van der Waals surface area contributed by atoms with Crippen LogP contribution in [0.5, 0.6) is 17.2 Å². The second kappa shape index (κ2) is 9.12. The van der Waals surface area contributed by atoms with Gasteiger partial charge in [-0.15, -0.1) is 0 Å². The third-order valence-corrected chi connectivity index (χ3v) is 5.67. The van der Waals surface area contributed by atoms with Crippen molar-refractivity contribution in [1.82, 2.24) is 0 Å². The average molecular weight is 438 g/mol. The molecule has 0 aromatic heterocycles. The number of carbonyl (C=O) groups is 3. The summed E-state index contributed by atoms with van der Waals surface area (Å²) in [5, 5.41) is 0. The van der Waals surface area contributed by atoms with Crippen molar-refractivity contribution >= 4 is 17.7 Å². The van der Waals surface area contributed by atoms with Crippen LogP contribution in [0.15, 0.2) is 30.3 Å². The molecule has 2 aliphatic rings. The van der Waals surface area contributed by atoms with Crippen LogP contribution in [0.3, 0.4) is 0 Å². The summed E-state index contributed by atoms with van der Waals surface area (Å²) in [7, 11) is 0. The lowest BCUT2D eigenvalue weighted by molar-refractivity contribution is -0.133. The van der Waals surface area contributed by atoms with Gasteiger partial charge in [-0.05, 0) is 55.5 Å². The van der Waals surface area contributed by atoms with Gasteiger partial charge in [0, 0.05) is 26.0 Å². The Bertz CT molecular complexity index is 1050. The number of esters is 2. The molecule has 1 saturated heterocycles. The first kappa shape index (κ1) is 22.0. The van der Waals surface area contributed by atoms with Gasteiger partial charge in [0.2, 0.25) is 0 Å². The molecule has 32 heavy (non-hydrogen) atoms. The normalized spacial score (nSPS) is 20.2. The van der Waals surface area contributed by atoms with Gasteiger partial charge in [0.25, 0.3) is 0 Å². The third-order valence-electron chi connectivity index (χ3n) is 5.67. The highest BCUT2D eigenvalue weighted by Crippen LogP contribution is 2.46. The molecule has 2 aromatic carbocycles. The summed E-state index contributed by atoms with van der Waals surface area (Å²) in [4.78, 5) is 36.3. The number of benzene rings is 2. The number of fused-ring (bicyclic) bond motifs is 1. The molecule has 0 bridgehead atoms. The maximum atomic E-state index is 13.2. The summed E-state index contributed by atoms with van der Waals surface area (Å²) in [5.41, 5.74) is 2.68. The van der Waals surface area contributed by atoms with E-state index < -0.39 is 18.0 Å². The molecule has 0 saturated carbocycles. The molecular formula is C25H26O7. The van der Waals surface area contributed by atoms with Crippen molar-refractivity contribution in [2.45, 2.75) is 58.7 Å². The number of Topliss-reactive ketones (excluding diaryl/α,β-unsaturated/α-hetero) is 1. The van der Waals surface area contributed by atoms with E-state index in [4.69, 9.17) is 18.9 Å². The summed E-state index contributed by atoms with van der Waals surface area (Å²) in [6, 6.07) is 8.70. The van der Waals surface area contributed by atoms with E-state index in [1.54, 1.807) is 24.3 Å². The Morgan fingerprint density at radius 3 is 2.34 bits per heavy atom. The fraction of sp³-hybridized carbons (Fsp3) is 0.400. The number of hydrogen-bond donors (Lipinski definition) is 0. The zero-order chi connectivity index (χ0) is 22.8. The number of ether oxygens (including phenoxy) is 4. The summed E-state index contributed by atoms with van der Waals surface area (Å²) < 4.78 is 22.8. The Hall–Kier alpha value is -3.19. The van der Waals surface area contributed by atoms with Crippen molar-refractivity contribution in [3.05, 3.63) is 52.6 Å². The molecule has 7 nitrogen and oxygen atoms in total. The van der Waals surface area contributed by atoms with Crippen molar-refractivity contribution < 1.29 is 33.3 Å². The summed E-state index contributed by atoms with van der Waals surface area (Å²) in [6.45, 7) is 5.20. The van der Waals surface area contributed by atoms with E-state index in [1.807, 2.05) is 13.0 Å². The highest BCUT2D eigenvalue weighted by molar-refractivity contribution is 6.03. The van der Waals surface area contributed by atoms with Crippen LogP contribution in [0, 0.1) is 6.92 Å². The molecule has 2 unspecified atom stereocenters. The second-order valence-corrected chi connectivity index (χ2v) is 8.15. The van der Waals surface area contributed by atoms with E-state index >= 15 is 0 Å². The van der Waals surface area contributed by atoms with Crippen molar-refractivity contribution in [2.75, 3.05) is 6.61 Å². The van der Waals surface area contributed by atoms with Gasteiger partial charge in [0.1, 0.15) is 23.2 Å². The first-order chi connectivity index (χ1) is 15.3. The van der Waals surface area contributed by atoms with Crippen molar-refractivity contribution in [3.63, 3.8) is 0 Å². The average Bonchev–Trinajstić information content (AvgIpc) is 2.73. The molecule has 0 N–H and O–H groups in total. The standard InChI is InChI=1S/C25H26O7/c1-14-12-22-24(25(31-16(3)27)23(14)20-6-4-5-11-29-20)19(28)13-21(32-22)17-7-9-18(10-8-17)30-15(2)26/h7-10,12,20-21H,4-6,11,13H2,1-3H3. The fourth-order valence-corrected chi connectivity index (χ4v) is 4.32. The maximum absolute atomic E-state index is 13.2. The van der Waals surface area contributed by atoms with E-state index in [1.165, 1.54) is 13.8 Å². The Balaban J connectivity index is 1.70. The second-order valence-electron chi connectivity index (χ2n) is 8.15. The van der Waals surface area contributed by atoms with Crippen LogP contribution in [0.1, 0.15) is 78.8 Å². The summed E-state index contributed by atoms with van der Waals surface area (Å²) in [5.74, 6) is 0.0204. The smallest absolute Gasteiger partial charge is 0.308 e. The third kappa shape index (κ3) is 4.53. The van der Waals surface area contributed by atoms with E-state index in [0.29, 0.717) is 23.7 Å². The van der Waals surface area contributed by atoms with Crippen LogP contribution in [-0.2, 0) is 14.3 Å². The molecule has 0 amide bonds. The lowest BCUT2D eigenvalue weighted by Gasteiger charge is -2.31. The minimum atomic E-state index is -0.497. The van der Waals surface area contributed by atoms with Crippen LogP contribution in [-0.4, -0.2) is 24.3 Å². The predicted octanol–water partition coefficient (Wildman–Crippen LogP) is 4.79. The molecule has 7 heteroatoms. The summed E-state index contributed by atoms with van der Waals surface area (Å²) >= 11 is 0. The zero-order valence-electron chi connectivity index (χ0n) is 18.4. The van der Waals surface area contributed by atoms with Gasteiger partial charge in [-0.25, -0.2) is 0 Å². The van der Waals surface area contributed by atoms with Crippen molar-refractivity contribution in [2.24, 2.45) is 0 Å². The number of aryl methyl sites for hydroxylation is 1. The molecular weight excluding hydrogens is 412 g/mol. The Labute approximate surface area is 186 Å². The highest BCUT2D eigenvalue weighted by atomic mass is 16.5. The van der Waals surface area contributed by atoms with Crippen molar-refractivity contribution in [3.8, 4) is 17.2 Å². The number of ketones is 1. The molecule has 0 radical (unpaired) electrons. The van der Waals surface area contributed by atoms with Gasteiger partial charge >= 0.3 is 11.9 Å². The Morgan fingerprint density at radius 1 is 1.00 bits per heavy atom. The van der Waals surface area contributed by atoms with Crippen LogP contribution in [0.25, 0.3) is 0 Å². The van der Waals surface area contributed by atoms with Crippen LogP contribution in [0.4, 0.5) is 0 Å². The summed E-state index contributed by atoms with van der Waals surface area (Å²) in [6.07, 6.45) is 2.19. The minimum Gasteiger partial charge on any atom is -0.484 e. The number of rotatable bonds is 4. The van der Waals surface area contributed by atoms with Gasteiger partial charge in [-0.3, -0.25) is 14.4 Å². The first-order valence-electron chi connectivity index (χ1n) is 10.8. The molecule has 168 valence electrons. The van der Waals surface area contributed by atoms with Gasteiger partial charge in [0.05, 0.1) is 12.5 Å². The van der Waals surface area contributed by atoms with Gasteiger partial charge in [-0.2, -0.15) is 0 Å². The molecule has 4 rings (SSSR count). The van der Waals surface area contributed by atoms with Gasteiger partial charge in [0.15, 0.2) is 11.5 Å². The monoisotopic (exact) mass is 438 g/mol. The lowest BCUT2D eigenvalue weighted by Crippen LogP contribution is -2.24. The topological polar surface area (TPSA) is 88.1 Å². The predicted molar refractivity (Wildman–Crippen MR) is 115 cm³/mol. The molecule has 2 aromatic rings. The molecule has 1 fully saturated rings. The van der Waals surface area contributed by atoms with Gasteiger partial charge < -0.3 is 18.9 Å². The quantitative estimate of drug-likeness (QED) is 0.501. The van der Waals surface area contributed by atoms with Crippen LogP contribution < -0.4 is 14.2 Å². The molecule has 2 heterocycles. The van der Waals surface area contributed by atoms with E-state index in [9.17, 15) is 14.4 Å². The Kier molecular flexibility index (Phi) is 6.28. The van der Waals surface area contributed by atoms with Gasteiger partial charge in [-0.1, -0.05) is 12.1 Å². The Morgan fingerprint density at radius 2 is 1.72 bits per heavy atom. The largest absolute Gasteiger partial charge is 0.484 e. The van der Waals surface area contributed by atoms with Crippen LogP contribution >= 0.6 is 0 Å². The number of carbonyl (C=O) groups excluding carboxylic acids is 3. The molecule has 2 aliphatic heterocycles. The SMILES string of the molecule is CC(=O)Oc1ccc(C2CC(=O)c3c(cc(C)c(C4CCCCO4)c3OC(C)=O)O2)cc1. The lowest BCUT2D eigenvalue weighted by atomic mass is 9.89. The minimum absolute atomic E-state index is 0.0994. The maximum Gasteiger partial charge on any atom is 0.308 e. The molecule has 0 aliphatic carbocycles. The highest BCUT2D eigenvalue weighted by Gasteiger charge is 2.35. The van der Waals surface area contributed by atoms with Crippen LogP contribution in [0.2, 0.25) is 0 Å². The van der Waals surface area contributed by atoms with E-state index in [0.717, 1.165) is 36.0 Å². The van der Waals surface area contributed by atoms with E-state index in [2.05, 4.69) is 0 Å². The fourth-order valence-electron chi connectivity index (χ4n) is 4.32. The first-order valence-corrected chi connectivity index (χ1v) is 10.8. The molecule has 0 spiro atoms. The van der Waals surface area contributed by atoms with E-state index in [-0.39, 0.29) is 24.1 Å². The molecule has 2 atom stereocenters. The zero-order valence-corrected chi connectivity index (χ0v) is 18.4. The van der Waals surface area contributed by atoms with Crippen molar-refractivity contribution in [1.29, 1.82) is 0 Å². The number of hydrogen-bond acceptors (Lipinski definition) is 7.